The molecule has 3 heterocycles. The summed E-state index contributed by atoms with van der Waals surface area (Å²) in [6, 6.07) is 16.8. The van der Waals surface area contributed by atoms with Gasteiger partial charge in [-0.1, -0.05) is 49.1 Å². The van der Waals surface area contributed by atoms with Gasteiger partial charge in [0.2, 0.25) is 0 Å². The van der Waals surface area contributed by atoms with Gasteiger partial charge in [0, 0.05) is 34.0 Å². The number of fused-ring (bicyclic) bond motifs is 2. The second-order valence-corrected chi connectivity index (χ2v) is 6.22. The topological polar surface area (TPSA) is 53.6 Å². The normalized spacial score (nSPS) is 15.3. The number of para-hydroxylation sites is 1. The van der Waals surface area contributed by atoms with Crippen LogP contribution in [0.25, 0.3) is 28.2 Å². The maximum Gasteiger partial charge on any atom is 0.160 e. The van der Waals surface area contributed by atoms with Crippen molar-refractivity contribution in [3.63, 3.8) is 0 Å². The average Bonchev–Trinajstić information content (AvgIpc) is 3.04. The summed E-state index contributed by atoms with van der Waals surface area (Å²) in [5.41, 5.74) is 7.64. The van der Waals surface area contributed by atoms with Gasteiger partial charge in [-0.05, 0) is 23.3 Å². The molecule has 1 unspecified atom stereocenters. The van der Waals surface area contributed by atoms with Gasteiger partial charge in [0.15, 0.2) is 5.65 Å². The van der Waals surface area contributed by atoms with E-state index in [1.54, 1.807) is 0 Å². The van der Waals surface area contributed by atoms with E-state index in [1.807, 2.05) is 18.5 Å². The molecule has 2 aromatic heterocycles. The maximum atomic E-state index is 4.27. The van der Waals surface area contributed by atoms with Crippen LogP contribution >= 0.6 is 0 Å². The minimum atomic E-state index is 0.0280. The first kappa shape index (κ1) is 14.0. The van der Waals surface area contributed by atoms with Gasteiger partial charge in [0.05, 0.1) is 12.2 Å². The molecule has 25 heavy (non-hydrogen) atoms. The van der Waals surface area contributed by atoms with Gasteiger partial charge in [-0.3, -0.25) is 0 Å². The number of hydrogen-bond acceptors (Lipinski definition) is 3. The Kier molecular flexibility index (Phi) is 2.97. The number of aromatic amines is 1. The number of anilines is 1. The monoisotopic (exact) mass is 324 g/mol. The quantitative estimate of drug-likeness (QED) is 0.558. The van der Waals surface area contributed by atoms with E-state index in [9.17, 15) is 0 Å². The predicted molar refractivity (Wildman–Crippen MR) is 101 cm³/mol. The summed E-state index contributed by atoms with van der Waals surface area (Å²) in [6.07, 6.45) is 5.76. The van der Waals surface area contributed by atoms with Gasteiger partial charge in [0.25, 0.3) is 0 Å². The number of benzene rings is 2. The molecule has 1 aliphatic rings. The van der Waals surface area contributed by atoms with E-state index in [2.05, 4.69) is 75.6 Å². The highest BCUT2D eigenvalue weighted by atomic mass is 15.1. The number of rotatable bonds is 2. The van der Waals surface area contributed by atoms with Crippen molar-refractivity contribution in [1.82, 2.24) is 15.2 Å². The van der Waals surface area contributed by atoms with Crippen molar-refractivity contribution in [1.29, 1.82) is 0 Å². The second kappa shape index (κ2) is 5.31. The van der Waals surface area contributed by atoms with Crippen LogP contribution in [0.3, 0.4) is 0 Å². The van der Waals surface area contributed by atoms with E-state index in [0.717, 1.165) is 33.4 Å². The van der Waals surface area contributed by atoms with Gasteiger partial charge >= 0.3 is 0 Å². The standard InChI is InChI=1S/C21H16N4/c1-2-13-6-5-7-14(10-13)20-17-11-22-21-19(17)16(12-23-25-21)15-8-3-4-9-18(15)24-20/h2-12,20,24H,1H2,(H,22,25). The number of aromatic nitrogens is 3. The zero-order valence-corrected chi connectivity index (χ0v) is 13.5. The Morgan fingerprint density at radius 1 is 1.04 bits per heavy atom. The Morgan fingerprint density at radius 3 is 2.88 bits per heavy atom. The number of hydrogen-bond donors (Lipinski definition) is 2. The minimum Gasteiger partial charge on any atom is -0.374 e. The first-order chi connectivity index (χ1) is 12.3. The third-order valence-electron chi connectivity index (χ3n) is 4.81. The smallest absolute Gasteiger partial charge is 0.160 e. The molecule has 0 spiro atoms. The molecule has 4 aromatic rings. The van der Waals surface area contributed by atoms with Crippen LogP contribution in [0.2, 0.25) is 0 Å². The molecule has 5 rings (SSSR count). The molecular weight excluding hydrogens is 308 g/mol. The second-order valence-electron chi connectivity index (χ2n) is 6.22. The molecule has 4 nitrogen and oxygen atoms in total. The SMILES string of the molecule is C=Cc1cccc(C2Nc3ccccc3-c3cnnc4[nH]cc2c34)c1. The first-order valence-corrected chi connectivity index (χ1v) is 8.26. The van der Waals surface area contributed by atoms with E-state index >= 15 is 0 Å². The van der Waals surface area contributed by atoms with Crippen LogP contribution in [0, 0.1) is 0 Å². The molecule has 0 saturated heterocycles. The molecule has 4 heteroatoms. The van der Waals surface area contributed by atoms with Crippen molar-refractivity contribution in [2.45, 2.75) is 6.04 Å². The van der Waals surface area contributed by atoms with Crippen molar-refractivity contribution < 1.29 is 0 Å². The molecule has 0 saturated carbocycles. The van der Waals surface area contributed by atoms with E-state index in [-0.39, 0.29) is 6.04 Å². The zero-order valence-electron chi connectivity index (χ0n) is 13.5. The Bertz CT molecular complexity index is 1110. The van der Waals surface area contributed by atoms with E-state index in [0.29, 0.717) is 0 Å². The van der Waals surface area contributed by atoms with Crippen LogP contribution in [0.4, 0.5) is 5.69 Å². The van der Waals surface area contributed by atoms with Crippen LogP contribution in [0.15, 0.2) is 67.5 Å². The highest BCUT2D eigenvalue weighted by Gasteiger charge is 2.26. The third-order valence-corrected chi connectivity index (χ3v) is 4.81. The fraction of sp³-hybridized carbons (Fsp3) is 0.0476. The summed E-state index contributed by atoms with van der Waals surface area (Å²) >= 11 is 0. The average molecular weight is 324 g/mol. The summed E-state index contributed by atoms with van der Waals surface area (Å²) in [7, 11) is 0. The predicted octanol–water partition coefficient (Wildman–Crippen LogP) is 4.78. The van der Waals surface area contributed by atoms with Crippen LogP contribution in [0.5, 0.6) is 0 Å². The minimum absolute atomic E-state index is 0.0280. The van der Waals surface area contributed by atoms with E-state index < -0.39 is 0 Å². The number of nitrogens with one attached hydrogen (secondary N) is 2. The molecule has 0 amide bonds. The fourth-order valence-electron chi connectivity index (χ4n) is 3.64. The van der Waals surface area contributed by atoms with E-state index in [4.69, 9.17) is 0 Å². The Balaban J connectivity index is 1.83. The largest absolute Gasteiger partial charge is 0.374 e. The van der Waals surface area contributed by atoms with Crippen LogP contribution in [-0.4, -0.2) is 15.2 Å². The Morgan fingerprint density at radius 2 is 1.96 bits per heavy atom. The van der Waals surface area contributed by atoms with Crippen LogP contribution in [0.1, 0.15) is 22.7 Å². The summed E-state index contributed by atoms with van der Waals surface area (Å²) in [5, 5.41) is 13.3. The molecule has 0 bridgehead atoms. The molecule has 0 aliphatic carbocycles. The van der Waals surface area contributed by atoms with Crippen molar-refractivity contribution in [2.24, 2.45) is 0 Å². The van der Waals surface area contributed by atoms with Crippen molar-refractivity contribution >= 4 is 22.8 Å². The Labute approximate surface area is 145 Å². The first-order valence-electron chi connectivity index (χ1n) is 8.26. The maximum absolute atomic E-state index is 4.27. The van der Waals surface area contributed by atoms with Crippen LogP contribution < -0.4 is 5.32 Å². The van der Waals surface area contributed by atoms with Crippen LogP contribution in [-0.2, 0) is 0 Å². The van der Waals surface area contributed by atoms with Gasteiger partial charge in [-0.15, -0.1) is 5.10 Å². The van der Waals surface area contributed by atoms with Crippen molar-refractivity contribution in [3.05, 3.63) is 84.2 Å². The molecule has 2 N–H and O–H groups in total. The lowest BCUT2D eigenvalue weighted by atomic mass is 9.96. The van der Waals surface area contributed by atoms with Crippen molar-refractivity contribution in [2.75, 3.05) is 5.32 Å². The lowest BCUT2D eigenvalue weighted by molar-refractivity contribution is 0.952. The molecule has 0 fully saturated rings. The molecule has 120 valence electrons. The molecule has 2 aromatic carbocycles. The molecule has 1 atom stereocenters. The van der Waals surface area contributed by atoms with E-state index in [1.165, 1.54) is 11.1 Å². The molecule has 0 radical (unpaired) electrons. The molecule has 1 aliphatic heterocycles. The van der Waals surface area contributed by atoms with Crippen molar-refractivity contribution in [3.8, 4) is 11.1 Å². The highest BCUT2D eigenvalue weighted by Crippen LogP contribution is 2.43. The lowest BCUT2D eigenvalue weighted by Crippen LogP contribution is -2.11. The van der Waals surface area contributed by atoms with Gasteiger partial charge in [-0.25, -0.2) is 0 Å². The molecular formula is C21H16N4. The third kappa shape index (κ3) is 2.08. The summed E-state index contributed by atoms with van der Waals surface area (Å²) in [6.45, 7) is 3.89. The number of H-pyrrole nitrogens is 1. The summed E-state index contributed by atoms with van der Waals surface area (Å²) in [4.78, 5) is 3.27. The van der Waals surface area contributed by atoms with Gasteiger partial charge < -0.3 is 10.3 Å². The Hall–Kier alpha value is -3.40. The fourth-order valence-corrected chi connectivity index (χ4v) is 3.64. The highest BCUT2D eigenvalue weighted by molar-refractivity contribution is 6.00. The zero-order chi connectivity index (χ0) is 16.8. The summed E-state index contributed by atoms with van der Waals surface area (Å²) < 4.78 is 0. The van der Waals surface area contributed by atoms with Gasteiger partial charge in [0.1, 0.15) is 0 Å². The number of nitrogens with zero attached hydrogens (tertiary/aromatic N) is 2. The van der Waals surface area contributed by atoms with Gasteiger partial charge in [-0.2, -0.15) is 5.10 Å². The lowest BCUT2D eigenvalue weighted by Gasteiger charge is -2.20. The summed E-state index contributed by atoms with van der Waals surface area (Å²) in [5.74, 6) is 0.